The summed E-state index contributed by atoms with van der Waals surface area (Å²) in [7, 11) is 0. The van der Waals surface area contributed by atoms with Gasteiger partial charge in [0, 0.05) is 29.8 Å². The second-order valence-electron chi connectivity index (χ2n) is 6.83. The van der Waals surface area contributed by atoms with E-state index < -0.39 is 10.8 Å². The quantitative estimate of drug-likeness (QED) is 0.497. The Kier molecular flexibility index (Phi) is 5.21. The number of carbonyl (C=O) groups excluding carboxylic acids is 2. The normalized spacial score (nSPS) is 19.5. The Morgan fingerprint density at radius 2 is 1.81 bits per heavy atom. The zero-order chi connectivity index (χ0) is 19.6. The number of anilines is 1. The molecule has 0 unspecified atom stereocenters. The smallest absolute Gasteiger partial charge is 0.293 e. The van der Waals surface area contributed by atoms with Crippen LogP contribution in [0.2, 0.25) is 0 Å². The first-order valence-electron chi connectivity index (χ1n) is 8.82. The molecule has 1 aliphatic heterocycles. The van der Waals surface area contributed by atoms with E-state index in [0.29, 0.717) is 24.2 Å². The number of benzene rings is 2. The summed E-state index contributed by atoms with van der Waals surface area (Å²) >= 11 is 0. The third-order valence-electron chi connectivity index (χ3n) is 5.06. The Morgan fingerprint density at radius 1 is 1.11 bits per heavy atom. The van der Waals surface area contributed by atoms with Crippen LogP contribution in [-0.2, 0) is 4.79 Å². The van der Waals surface area contributed by atoms with Gasteiger partial charge in [-0.05, 0) is 31.9 Å². The molecule has 7 heteroatoms. The molecule has 3 rings (SSSR count). The molecule has 27 heavy (non-hydrogen) atoms. The van der Waals surface area contributed by atoms with Crippen LogP contribution in [0.15, 0.2) is 48.5 Å². The van der Waals surface area contributed by atoms with Crippen molar-refractivity contribution in [3.63, 3.8) is 0 Å². The maximum absolute atomic E-state index is 12.6. The first-order chi connectivity index (χ1) is 12.9. The van der Waals surface area contributed by atoms with E-state index in [1.54, 1.807) is 42.5 Å². The minimum absolute atomic E-state index is 0.0370. The second kappa shape index (κ2) is 7.57. The number of hydrogen-bond donors (Lipinski definition) is 1. The van der Waals surface area contributed by atoms with Crippen molar-refractivity contribution in [3.8, 4) is 0 Å². The van der Waals surface area contributed by atoms with Gasteiger partial charge in [0.15, 0.2) is 5.78 Å². The fourth-order valence-corrected chi connectivity index (χ4v) is 3.48. The highest BCUT2D eigenvalue weighted by Crippen LogP contribution is 2.35. The number of ketones is 1. The van der Waals surface area contributed by atoms with E-state index in [4.69, 9.17) is 5.73 Å². The number of piperidine rings is 1. The maximum atomic E-state index is 12.6. The van der Waals surface area contributed by atoms with E-state index in [1.807, 2.05) is 11.8 Å². The third-order valence-corrected chi connectivity index (χ3v) is 5.06. The van der Waals surface area contributed by atoms with Crippen LogP contribution in [0.5, 0.6) is 0 Å². The minimum atomic E-state index is -0.488. The molecular weight excluding hydrogens is 346 g/mol. The van der Waals surface area contributed by atoms with Gasteiger partial charge in [0.25, 0.3) is 5.69 Å². The van der Waals surface area contributed by atoms with E-state index in [1.165, 1.54) is 6.07 Å². The van der Waals surface area contributed by atoms with Crippen LogP contribution < -0.4 is 10.6 Å². The molecule has 2 N–H and O–H groups in total. The molecule has 140 valence electrons. The number of nitro groups is 1. The summed E-state index contributed by atoms with van der Waals surface area (Å²) in [4.78, 5) is 37.2. The summed E-state index contributed by atoms with van der Waals surface area (Å²) in [5, 5.41) is 11.7. The van der Waals surface area contributed by atoms with Gasteiger partial charge >= 0.3 is 0 Å². The molecule has 0 spiro atoms. The van der Waals surface area contributed by atoms with Crippen LogP contribution in [0.3, 0.4) is 0 Å². The van der Waals surface area contributed by atoms with Gasteiger partial charge in [-0.3, -0.25) is 19.7 Å². The van der Waals surface area contributed by atoms with Gasteiger partial charge < -0.3 is 10.6 Å². The molecule has 7 nitrogen and oxygen atoms in total. The van der Waals surface area contributed by atoms with E-state index in [2.05, 4.69) is 0 Å². The fraction of sp³-hybridized carbons (Fsp3) is 0.300. The average Bonchev–Trinajstić information content (AvgIpc) is 2.68. The van der Waals surface area contributed by atoms with E-state index in [-0.39, 0.29) is 29.0 Å². The number of nitrogens with two attached hydrogens (primary N) is 1. The van der Waals surface area contributed by atoms with Crippen molar-refractivity contribution >= 4 is 23.1 Å². The molecule has 0 aromatic heterocycles. The number of hydrogen-bond acceptors (Lipinski definition) is 5. The zero-order valence-electron chi connectivity index (χ0n) is 15.0. The molecule has 2 aromatic rings. The topological polar surface area (TPSA) is 107 Å². The predicted molar refractivity (Wildman–Crippen MR) is 102 cm³/mol. The number of nitro benzene ring substituents is 1. The minimum Gasteiger partial charge on any atom is -0.369 e. The molecule has 1 heterocycles. The van der Waals surface area contributed by atoms with Gasteiger partial charge in [-0.2, -0.15) is 0 Å². The average molecular weight is 367 g/mol. The van der Waals surface area contributed by atoms with Gasteiger partial charge in [0.05, 0.1) is 10.8 Å². The van der Waals surface area contributed by atoms with Crippen LogP contribution >= 0.6 is 0 Å². The summed E-state index contributed by atoms with van der Waals surface area (Å²) in [5.74, 6) is -1.01. The fourth-order valence-electron chi connectivity index (χ4n) is 3.48. The molecule has 1 fully saturated rings. The summed E-state index contributed by atoms with van der Waals surface area (Å²) in [5.41, 5.74) is 6.42. The number of amides is 1. The van der Waals surface area contributed by atoms with E-state index >= 15 is 0 Å². The SMILES string of the molecule is C[C@@H]1CC[C@@H](C(N)=O)CN1c1ccc(C(=O)c2ccccc2)cc1[N+](=O)[O-]. The molecule has 1 aliphatic rings. The van der Waals surface area contributed by atoms with Crippen molar-refractivity contribution in [2.75, 3.05) is 11.4 Å². The van der Waals surface area contributed by atoms with Crippen LogP contribution in [0, 0.1) is 16.0 Å². The Balaban J connectivity index is 1.98. The maximum Gasteiger partial charge on any atom is 0.293 e. The molecular formula is C20H21N3O4. The highest BCUT2D eigenvalue weighted by molar-refractivity contribution is 6.09. The highest BCUT2D eigenvalue weighted by Gasteiger charge is 2.32. The Bertz CT molecular complexity index is 882. The monoisotopic (exact) mass is 367 g/mol. The lowest BCUT2D eigenvalue weighted by Crippen LogP contribution is -2.46. The van der Waals surface area contributed by atoms with Gasteiger partial charge in [-0.25, -0.2) is 0 Å². The zero-order valence-corrected chi connectivity index (χ0v) is 15.0. The highest BCUT2D eigenvalue weighted by atomic mass is 16.6. The Morgan fingerprint density at radius 3 is 2.44 bits per heavy atom. The predicted octanol–water partition coefficient (Wildman–Crippen LogP) is 2.92. The molecule has 0 aliphatic carbocycles. The lowest BCUT2D eigenvalue weighted by molar-refractivity contribution is -0.384. The standard InChI is InChI=1S/C20H21N3O4/c1-13-7-8-16(20(21)25)12-22(13)17-10-9-15(11-18(17)23(26)27)19(24)14-5-3-2-4-6-14/h2-6,9-11,13,16H,7-8,12H2,1H3,(H2,21,25)/t13-,16-/m1/s1. The molecule has 0 bridgehead atoms. The summed E-state index contributed by atoms with van der Waals surface area (Å²) in [6, 6.07) is 13.2. The van der Waals surface area contributed by atoms with E-state index in [0.717, 1.165) is 6.42 Å². The number of rotatable bonds is 5. The van der Waals surface area contributed by atoms with Crippen molar-refractivity contribution in [2.24, 2.45) is 11.7 Å². The Labute approximate surface area is 156 Å². The van der Waals surface area contributed by atoms with E-state index in [9.17, 15) is 19.7 Å². The summed E-state index contributed by atoms with van der Waals surface area (Å²) in [6.07, 6.45) is 1.39. The second-order valence-corrected chi connectivity index (χ2v) is 6.83. The largest absolute Gasteiger partial charge is 0.369 e. The summed E-state index contributed by atoms with van der Waals surface area (Å²) in [6.45, 7) is 2.30. The lowest BCUT2D eigenvalue weighted by Gasteiger charge is -2.38. The van der Waals surface area contributed by atoms with Gasteiger partial charge in [0.2, 0.25) is 5.91 Å². The molecule has 0 radical (unpaired) electrons. The first kappa shape index (κ1) is 18.6. The summed E-state index contributed by atoms with van der Waals surface area (Å²) < 4.78 is 0. The molecule has 0 saturated carbocycles. The van der Waals surface area contributed by atoms with Crippen molar-refractivity contribution in [3.05, 3.63) is 69.8 Å². The van der Waals surface area contributed by atoms with Crippen LogP contribution in [0.25, 0.3) is 0 Å². The van der Waals surface area contributed by atoms with Gasteiger partial charge in [-0.15, -0.1) is 0 Å². The molecule has 2 atom stereocenters. The van der Waals surface area contributed by atoms with Crippen molar-refractivity contribution in [2.45, 2.75) is 25.8 Å². The van der Waals surface area contributed by atoms with Crippen molar-refractivity contribution in [1.29, 1.82) is 0 Å². The van der Waals surface area contributed by atoms with Gasteiger partial charge in [0.1, 0.15) is 5.69 Å². The van der Waals surface area contributed by atoms with Crippen LogP contribution in [-0.4, -0.2) is 29.2 Å². The van der Waals surface area contributed by atoms with Crippen molar-refractivity contribution in [1.82, 2.24) is 0 Å². The first-order valence-corrected chi connectivity index (χ1v) is 8.82. The molecule has 1 amide bonds. The number of primary amides is 1. The van der Waals surface area contributed by atoms with Crippen molar-refractivity contribution < 1.29 is 14.5 Å². The number of nitrogens with zero attached hydrogens (tertiary/aromatic N) is 2. The third kappa shape index (κ3) is 3.81. The van der Waals surface area contributed by atoms with Gasteiger partial charge in [-0.1, -0.05) is 30.3 Å². The molecule has 1 saturated heterocycles. The van der Waals surface area contributed by atoms with Crippen LogP contribution in [0.1, 0.15) is 35.7 Å². The molecule has 2 aromatic carbocycles. The number of carbonyl (C=O) groups is 2. The van der Waals surface area contributed by atoms with Crippen LogP contribution in [0.4, 0.5) is 11.4 Å². The Hall–Kier alpha value is -3.22. The lowest BCUT2D eigenvalue weighted by atomic mass is 9.92.